The Bertz CT molecular complexity index is 1100. The molecule has 0 fully saturated rings. The molecule has 0 spiro atoms. The summed E-state index contributed by atoms with van der Waals surface area (Å²) in [4.78, 5) is 34.6. The number of amides is 2. The number of carbonyl (C=O) groups is 2. The number of nitro groups is 1. The van der Waals surface area contributed by atoms with Crippen LogP contribution in [0.5, 0.6) is 0 Å². The minimum Gasteiger partial charge on any atom is -0.298 e. The second-order valence-corrected chi connectivity index (χ2v) is 6.52. The molecule has 3 N–H and O–H groups in total. The molecule has 0 atom stereocenters. The Morgan fingerprint density at radius 3 is 2.10 bits per heavy atom. The van der Waals surface area contributed by atoms with Crippen molar-refractivity contribution in [2.24, 2.45) is 0 Å². The minimum atomic E-state index is -0.641. The normalized spacial score (nSPS) is 10.0. The van der Waals surface area contributed by atoms with Crippen LogP contribution in [0.2, 0.25) is 0 Å². The standard InChI is InChI=1S/C21H16N4O4S/c26-19(17-7-4-8-18(13-17)25(28)29)22-21(30)24-23-20(27)16-11-9-15(10-12-16)14-5-2-1-3-6-14/h1-13H,(H,23,27)(H2,22,24,26,30). The molecular formula is C21H16N4O4S. The molecule has 150 valence electrons. The largest absolute Gasteiger partial charge is 0.298 e. The average Bonchev–Trinajstić information content (AvgIpc) is 2.78. The Kier molecular flexibility index (Phi) is 6.46. The third-order valence-corrected chi connectivity index (χ3v) is 4.29. The molecule has 0 heterocycles. The number of nitrogens with one attached hydrogen (secondary N) is 3. The molecule has 3 aromatic rings. The number of carbonyl (C=O) groups excluding carboxylic acids is 2. The summed E-state index contributed by atoms with van der Waals surface area (Å²) in [6.07, 6.45) is 0. The molecule has 3 rings (SSSR count). The highest BCUT2D eigenvalue weighted by Crippen LogP contribution is 2.19. The number of hydrogen-bond acceptors (Lipinski definition) is 5. The number of nitrogens with zero attached hydrogens (tertiary/aromatic N) is 1. The number of benzene rings is 3. The van der Waals surface area contributed by atoms with E-state index in [-0.39, 0.29) is 16.4 Å². The highest BCUT2D eigenvalue weighted by Gasteiger charge is 2.13. The summed E-state index contributed by atoms with van der Waals surface area (Å²) in [6, 6.07) is 21.9. The van der Waals surface area contributed by atoms with Gasteiger partial charge in [0, 0.05) is 23.3 Å². The first-order chi connectivity index (χ1) is 14.4. The van der Waals surface area contributed by atoms with E-state index in [2.05, 4.69) is 16.2 Å². The lowest BCUT2D eigenvalue weighted by Crippen LogP contribution is -2.48. The van der Waals surface area contributed by atoms with Crippen LogP contribution in [0.3, 0.4) is 0 Å². The quantitative estimate of drug-likeness (QED) is 0.339. The molecule has 0 saturated heterocycles. The summed E-state index contributed by atoms with van der Waals surface area (Å²) in [5.74, 6) is -1.08. The fourth-order valence-corrected chi connectivity index (χ4v) is 2.74. The maximum Gasteiger partial charge on any atom is 0.270 e. The maximum atomic E-state index is 12.3. The second-order valence-electron chi connectivity index (χ2n) is 6.11. The van der Waals surface area contributed by atoms with Crippen LogP contribution in [0.1, 0.15) is 20.7 Å². The van der Waals surface area contributed by atoms with Gasteiger partial charge in [0.1, 0.15) is 0 Å². The molecule has 0 aliphatic heterocycles. The first kappa shape index (κ1) is 20.6. The number of hydrazine groups is 1. The van der Waals surface area contributed by atoms with Gasteiger partial charge in [-0.05, 0) is 41.5 Å². The molecule has 30 heavy (non-hydrogen) atoms. The second kappa shape index (κ2) is 9.39. The molecule has 2 amide bonds. The number of rotatable bonds is 4. The molecule has 8 nitrogen and oxygen atoms in total. The van der Waals surface area contributed by atoms with Crippen LogP contribution in [0.25, 0.3) is 11.1 Å². The first-order valence-electron chi connectivity index (χ1n) is 8.75. The Morgan fingerprint density at radius 2 is 1.43 bits per heavy atom. The number of nitro benzene ring substituents is 1. The van der Waals surface area contributed by atoms with Crippen molar-refractivity contribution in [3.63, 3.8) is 0 Å². The molecule has 0 aliphatic carbocycles. The summed E-state index contributed by atoms with van der Waals surface area (Å²) in [5.41, 5.74) is 7.08. The predicted octanol–water partition coefficient (Wildman–Crippen LogP) is 3.21. The first-order valence-corrected chi connectivity index (χ1v) is 9.16. The van der Waals surface area contributed by atoms with Gasteiger partial charge in [0.25, 0.3) is 17.5 Å². The summed E-state index contributed by atoms with van der Waals surface area (Å²) in [5, 5.41) is 13.0. The average molecular weight is 420 g/mol. The summed E-state index contributed by atoms with van der Waals surface area (Å²) < 4.78 is 0. The van der Waals surface area contributed by atoms with E-state index in [4.69, 9.17) is 12.2 Å². The zero-order valence-electron chi connectivity index (χ0n) is 15.5. The van der Waals surface area contributed by atoms with Crippen molar-refractivity contribution >= 4 is 34.8 Å². The molecule has 9 heteroatoms. The van der Waals surface area contributed by atoms with E-state index >= 15 is 0 Å². The third-order valence-electron chi connectivity index (χ3n) is 4.09. The highest BCUT2D eigenvalue weighted by atomic mass is 32.1. The van der Waals surface area contributed by atoms with Crippen molar-refractivity contribution in [2.75, 3.05) is 0 Å². The zero-order chi connectivity index (χ0) is 21.5. The monoisotopic (exact) mass is 420 g/mol. The Morgan fingerprint density at radius 1 is 0.767 bits per heavy atom. The lowest BCUT2D eigenvalue weighted by Gasteiger charge is -2.11. The van der Waals surface area contributed by atoms with Crippen LogP contribution in [0.4, 0.5) is 5.69 Å². The van der Waals surface area contributed by atoms with Gasteiger partial charge in [-0.1, -0.05) is 48.5 Å². The molecule has 0 aliphatic rings. The number of thiocarbonyl (C=S) groups is 1. The summed E-state index contributed by atoms with van der Waals surface area (Å²) in [6.45, 7) is 0. The molecular weight excluding hydrogens is 404 g/mol. The van der Waals surface area contributed by atoms with Gasteiger partial charge in [-0.2, -0.15) is 0 Å². The van der Waals surface area contributed by atoms with E-state index in [0.717, 1.165) is 17.2 Å². The van der Waals surface area contributed by atoms with Gasteiger partial charge in [-0.3, -0.25) is 35.9 Å². The Labute approximate surface area is 177 Å². The van der Waals surface area contributed by atoms with Crippen molar-refractivity contribution in [2.45, 2.75) is 0 Å². The van der Waals surface area contributed by atoms with E-state index < -0.39 is 16.7 Å². The zero-order valence-corrected chi connectivity index (χ0v) is 16.3. The Balaban J connectivity index is 1.54. The van der Waals surface area contributed by atoms with E-state index in [1.807, 2.05) is 42.5 Å². The molecule has 0 saturated carbocycles. The Hall–Kier alpha value is -4.11. The summed E-state index contributed by atoms with van der Waals surface area (Å²) in [7, 11) is 0. The van der Waals surface area contributed by atoms with Crippen LogP contribution >= 0.6 is 12.2 Å². The summed E-state index contributed by atoms with van der Waals surface area (Å²) >= 11 is 4.98. The van der Waals surface area contributed by atoms with Gasteiger partial charge in [0.15, 0.2) is 5.11 Å². The number of non-ortho nitro benzene ring substituents is 1. The van der Waals surface area contributed by atoms with Crippen LogP contribution in [0.15, 0.2) is 78.9 Å². The topological polar surface area (TPSA) is 113 Å². The van der Waals surface area contributed by atoms with Gasteiger partial charge in [0.05, 0.1) is 4.92 Å². The van der Waals surface area contributed by atoms with Gasteiger partial charge in [-0.25, -0.2) is 0 Å². The molecule has 0 aromatic heterocycles. The lowest BCUT2D eigenvalue weighted by molar-refractivity contribution is -0.384. The predicted molar refractivity (Wildman–Crippen MR) is 116 cm³/mol. The third kappa shape index (κ3) is 5.24. The van der Waals surface area contributed by atoms with Crippen molar-refractivity contribution in [1.82, 2.24) is 16.2 Å². The molecule has 0 unspecified atom stereocenters. The molecule has 3 aromatic carbocycles. The van der Waals surface area contributed by atoms with Crippen molar-refractivity contribution in [1.29, 1.82) is 0 Å². The fourth-order valence-electron chi connectivity index (χ4n) is 2.60. The van der Waals surface area contributed by atoms with Gasteiger partial charge in [0.2, 0.25) is 0 Å². The van der Waals surface area contributed by atoms with Crippen LogP contribution in [-0.2, 0) is 0 Å². The van der Waals surface area contributed by atoms with Gasteiger partial charge >= 0.3 is 0 Å². The fraction of sp³-hybridized carbons (Fsp3) is 0. The van der Waals surface area contributed by atoms with Crippen molar-refractivity contribution < 1.29 is 14.5 Å². The molecule has 0 bridgehead atoms. The van der Waals surface area contributed by atoms with Crippen LogP contribution in [-0.4, -0.2) is 21.9 Å². The van der Waals surface area contributed by atoms with Gasteiger partial charge < -0.3 is 0 Å². The minimum absolute atomic E-state index is 0.0659. The smallest absolute Gasteiger partial charge is 0.270 e. The van der Waals surface area contributed by atoms with E-state index in [1.54, 1.807) is 12.1 Å². The van der Waals surface area contributed by atoms with Crippen molar-refractivity contribution in [3.05, 3.63) is 100 Å². The van der Waals surface area contributed by atoms with Crippen LogP contribution in [0, 0.1) is 10.1 Å². The van der Waals surface area contributed by atoms with E-state index in [9.17, 15) is 19.7 Å². The maximum absolute atomic E-state index is 12.3. The van der Waals surface area contributed by atoms with Gasteiger partial charge in [-0.15, -0.1) is 0 Å². The van der Waals surface area contributed by atoms with Crippen molar-refractivity contribution in [3.8, 4) is 11.1 Å². The number of hydrogen-bond donors (Lipinski definition) is 3. The SMILES string of the molecule is O=C(NNC(=S)NC(=O)c1cccc([N+](=O)[O-])c1)c1ccc(-c2ccccc2)cc1. The highest BCUT2D eigenvalue weighted by molar-refractivity contribution is 7.80. The lowest BCUT2D eigenvalue weighted by atomic mass is 10.0. The van der Waals surface area contributed by atoms with Crippen LogP contribution < -0.4 is 16.2 Å². The van der Waals surface area contributed by atoms with E-state index in [0.29, 0.717) is 5.56 Å². The van der Waals surface area contributed by atoms with E-state index in [1.165, 1.54) is 18.2 Å². The molecule has 0 radical (unpaired) electrons.